The van der Waals surface area contributed by atoms with Gasteiger partial charge in [0.2, 0.25) is 0 Å². The number of aliphatic carboxylic acids is 1. The van der Waals surface area contributed by atoms with Gasteiger partial charge in [-0.3, -0.25) is 4.79 Å². The van der Waals surface area contributed by atoms with Gasteiger partial charge in [0.15, 0.2) is 0 Å². The molecule has 0 saturated heterocycles. The monoisotopic (exact) mass is 228 g/mol. The van der Waals surface area contributed by atoms with Gasteiger partial charge in [-0.2, -0.15) is 8.78 Å². The van der Waals surface area contributed by atoms with E-state index in [9.17, 15) is 13.6 Å². The fourth-order valence-electron chi connectivity index (χ4n) is 0.401. The second-order valence-corrected chi connectivity index (χ2v) is 3.05. The molecule has 0 atom stereocenters. The summed E-state index contributed by atoms with van der Waals surface area (Å²) in [6.07, 6.45) is 1.61. The Hall–Kier alpha value is -0.450. The average Bonchev–Trinajstić information content (AvgIpc) is 1.78. The van der Waals surface area contributed by atoms with Crippen molar-refractivity contribution in [2.75, 3.05) is 0 Å². The summed E-state index contributed by atoms with van der Waals surface area (Å²) in [6, 6.07) is 0. The van der Waals surface area contributed by atoms with Crippen LogP contribution in [0, 0.1) is 0 Å². The summed E-state index contributed by atoms with van der Waals surface area (Å²) >= 11 is 2.11. The van der Waals surface area contributed by atoms with E-state index in [0.29, 0.717) is 0 Å². The topological polar surface area (TPSA) is 37.3 Å². The Labute approximate surface area is 71.0 Å². The summed E-state index contributed by atoms with van der Waals surface area (Å²) in [6.45, 7) is 0. The first-order valence-electron chi connectivity index (χ1n) is 2.85. The number of rotatable bonds is 4. The lowest BCUT2D eigenvalue weighted by molar-refractivity contribution is -0.136. The van der Waals surface area contributed by atoms with E-state index in [2.05, 4.69) is 15.9 Å². The van der Waals surface area contributed by atoms with Crippen molar-refractivity contribution in [2.24, 2.45) is 0 Å². The predicted molar refractivity (Wildman–Crippen MR) is 39.9 cm³/mol. The first kappa shape index (κ1) is 10.6. The van der Waals surface area contributed by atoms with E-state index in [4.69, 9.17) is 5.11 Å². The molecule has 0 spiro atoms. The molecule has 0 saturated carbocycles. The Bertz CT molecular complexity index is 162. The quantitative estimate of drug-likeness (QED) is 0.593. The standard InChI is InChI=1S/C6H7BrF2O2/c7-6(8,9)4-2-1-3-5(10)11/h1-2H,3-4H2,(H,10,11)/b2-1+. The number of hydrogen-bond acceptors (Lipinski definition) is 1. The van der Waals surface area contributed by atoms with E-state index >= 15 is 0 Å². The summed E-state index contributed by atoms with van der Waals surface area (Å²) in [5.41, 5.74) is 0. The third kappa shape index (κ3) is 9.55. The summed E-state index contributed by atoms with van der Waals surface area (Å²) in [5, 5.41) is 8.09. The van der Waals surface area contributed by atoms with Crippen LogP contribution in [0.15, 0.2) is 12.2 Å². The number of carboxylic acid groups (broad SMARTS) is 1. The van der Waals surface area contributed by atoms with Crippen molar-refractivity contribution in [3.63, 3.8) is 0 Å². The number of carbonyl (C=O) groups is 1. The van der Waals surface area contributed by atoms with Gasteiger partial charge in [-0.05, 0) is 15.9 Å². The highest BCUT2D eigenvalue weighted by atomic mass is 79.9. The van der Waals surface area contributed by atoms with Gasteiger partial charge in [-0.15, -0.1) is 0 Å². The van der Waals surface area contributed by atoms with Crippen LogP contribution >= 0.6 is 15.9 Å². The second kappa shape index (κ2) is 4.43. The van der Waals surface area contributed by atoms with Gasteiger partial charge in [0, 0.05) is 6.42 Å². The lowest BCUT2D eigenvalue weighted by Gasteiger charge is -2.01. The summed E-state index contributed by atoms with van der Waals surface area (Å²) < 4.78 is 23.9. The highest BCUT2D eigenvalue weighted by Gasteiger charge is 2.20. The van der Waals surface area contributed by atoms with E-state index in [1.807, 2.05) is 0 Å². The van der Waals surface area contributed by atoms with Crippen LogP contribution in [0.4, 0.5) is 8.78 Å². The number of carboxylic acids is 1. The Morgan fingerprint density at radius 1 is 1.55 bits per heavy atom. The molecule has 0 radical (unpaired) electrons. The van der Waals surface area contributed by atoms with Gasteiger partial charge < -0.3 is 5.11 Å². The average molecular weight is 229 g/mol. The fraction of sp³-hybridized carbons (Fsp3) is 0.500. The molecule has 64 valence electrons. The number of allylic oxidation sites excluding steroid dienone is 1. The van der Waals surface area contributed by atoms with Gasteiger partial charge in [0.25, 0.3) is 0 Å². The van der Waals surface area contributed by atoms with Crippen LogP contribution in [-0.2, 0) is 4.79 Å². The zero-order valence-electron chi connectivity index (χ0n) is 5.56. The molecule has 0 amide bonds. The first-order valence-corrected chi connectivity index (χ1v) is 3.64. The van der Waals surface area contributed by atoms with Crippen LogP contribution in [-0.4, -0.2) is 15.9 Å². The van der Waals surface area contributed by atoms with Crippen LogP contribution in [0.5, 0.6) is 0 Å². The molecular formula is C6H7BrF2O2. The molecule has 0 fully saturated rings. The number of halogens is 3. The molecule has 0 aliphatic rings. The smallest absolute Gasteiger partial charge is 0.307 e. The van der Waals surface area contributed by atoms with Crippen molar-refractivity contribution in [3.8, 4) is 0 Å². The van der Waals surface area contributed by atoms with E-state index in [1.54, 1.807) is 0 Å². The van der Waals surface area contributed by atoms with Crippen molar-refractivity contribution in [2.45, 2.75) is 17.7 Å². The summed E-state index contributed by atoms with van der Waals surface area (Å²) in [7, 11) is 0. The second-order valence-electron chi connectivity index (χ2n) is 1.89. The first-order chi connectivity index (χ1) is 4.92. The minimum atomic E-state index is -2.93. The van der Waals surface area contributed by atoms with E-state index < -0.39 is 17.2 Å². The van der Waals surface area contributed by atoms with Crippen molar-refractivity contribution in [3.05, 3.63) is 12.2 Å². The molecule has 0 unspecified atom stereocenters. The van der Waals surface area contributed by atoms with Crippen LogP contribution in [0.2, 0.25) is 0 Å². The van der Waals surface area contributed by atoms with E-state index in [-0.39, 0.29) is 6.42 Å². The van der Waals surface area contributed by atoms with Gasteiger partial charge >= 0.3 is 10.8 Å². The molecule has 0 aromatic rings. The Balaban J connectivity index is 3.53. The maximum atomic E-state index is 12.0. The highest BCUT2D eigenvalue weighted by Crippen LogP contribution is 2.25. The largest absolute Gasteiger partial charge is 0.481 e. The Kier molecular flexibility index (Phi) is 4.25. The van der Waals surface area contributed by atoms with Gasteiger partial charge in [-0.1, -0.05) is 12.2 Å². The van der Waals surface area contributed by atoms with Crippen LogP contribution < -0.4 is 0 Å². The molecular weight excluding hydrogens is 222 g/mol. The van der Waals surface area contributed by atoms with Gasteiger partial charge in [0.1, 0.15) is 0 Å². The molecule has 0 aliphatic heterocycles. The summed E-state index contributed by atoms with van der Waals surface area (Å²) in [5.74, 6) is -1.03. The lowest BCUT2D eigenvalue weighted by atomic mass is 10.3. The fourth-order valence-corrected chi connectivity index (χ4v) is 0.588. The molecule has 0 aromatic carbocycles. The number of alkyl halides is 3. The third-order valence-corrected chi connectivity index (χ3v) is 1.13. The van der Waals surface area contributed by atoms with Crippen LogP contribution in [0.3, 0.4) is 0 Å². The van der Waals surface area contributed by atoms with Crippen molar-refractivity contribution in [1.29, 1.82) is 0 Å². The van der Waals surface area contributed by atoms with Crippen molar-refractivity contribution >= 4 is 21.9 Å². The normalized spacial score (nSPS) is 12.3. The molecule has 1 N–H and O–H groups in total. The van der Waals surface area contributed by atoms with E-state index in [1.165, 1.54) is 6.08 Å². The zero-order chi connectivity index (χ0) is 8.91. The third-order valence-electron chi connectivity index (χ3n) is 0.808. The molecule has 0 aliphatic carbocycles. The predicted octanol–water partition coefficient (Wildman–Crippen LogP) is 2.40. The van der Waals surface area contributed by atoms with Crippen LogP contribution in [0.25, 0.3) is 0 Å². The van der Waals surface area contributed by atoms with Crippen molar-refractivity contribution < 1.29 is 18.7 Å². The molecule has 0 heterocycles. The maximum Gasteiger partial charge on any atom is 0.307 e. The summed E-state index contributed by atoms with van der Waals surface area (Å²) in [4.78, 5) is 6.94. The van der Waals surface area contributed by atoms with Gasteiger partial charge in [-0.25, -0.2) is 0 Å². The molecule has 0 aromatic heterocycles. The molecule has 0 rings (SSSR count). The zero-order valence-corrected chi connectivity index (χ0v) is 7.14. The van der Waals surface area contributed by atoms with E-state index in [0.717, 1.165) is 6.08 Å². The molecule has 2 nitrogen and oxygen atoms in total. The highest BCUT2D eigenvalue weighted by molar-refractivity contribution is 9.10. The molecule has 0 bridgehead atoms. The van der Waals surface area contributed by atoms with Crippen molar-refractivity contribution in [1.82, 2.24) is 0 Å². The maximum absolute atomic E-state index is 12.0. The Morgan fingerprint density at radius 3 is 2.45 bits per heavy atom. The van der Waals surface area contributed by atoms with Crippen LogP contribution in [0.1, 0.15) is 12.8 Å². The number of hydrogen-bond donors (Lipinski definition) is 1. The SMILES string of the molecule is O=C(O)C/C=C/CC(F)(F)Br. The molecule has 5 heteroatoms. The molecule has 11 heavy (non-hydrogen) atoms. The lowest BCUT2D eigenvalue weighted by Crippen LogP contribution is -2.01. The minimum absolute atomic E-state index is 0.219. The minimum Gasteiger partial charge on any atom is -0.481 e. The Morgan fingerprint density at radius 2 is 2.09 bits per heavy atom. The van der Waals surface area contributed by atoms with Gasteiger partial charge in [0.05, 0.1) is 6.42 Å².